The molecule has 0 aromatic heterocycles. The van der Waals surface area contributed by atoms with Gasteiger partial charge in [0.15, 0.2) is 0 Å². The molecule has 0 rings (SSSR count). The average Bonchev–Trinajstić information content (AvgIpc) is 2.11. The Morgan fingerprint density at radius 3 is 2.20 bits per heavy atom. The number of aliphatic hydroxyl groups excluding tert-OH is 2. The number of carbonyl (C=O) groups excluding carboxylic acids is 2. The van der Waals surface area contributed by atoms with Gasteiger partial charge in [-0.15, -0.1) is 0 Å². The molecule has 6 nitrogen and oxygen atoms in total. The molecule has 0 aliphatic rings. The Morgan fingerprint density at radius 1 is 1.27 bits per heavy atom. The van der Waals surface area contributed by atoms with Gasteiger partial charge in [0.2, 0.25) is 0 Å². The summed E-state index contributed by atoms with van der Waals surface area (Å²) in [6, 6.07) is 0. The summed E-state index contributed by atoms with van der Waals surface area (Å²) in [4.78, 5) is 29.9. The topological polar surface area (TPSA) is 93.1 Å². The molecule has 0 amide bonds. The summed E-state index contributed by atoms with van der Waals surface area (Å²) in [5.41, 5.74) is 0. The summed E-state index contributed by atoms with van der Waals surface area (Å²) in [6.45, 7) is 2.71. The first kappa shape index (κ1) is 14.2. The number of aliphatic hydroxyl groups is 2. The fourth-order valence-corrected chi connectivity index (χ4v) is 0.615. The van der Waals surface area contributed by atoms with Crippen molar-refractivity contribution in [1.82, 2.24) is 0 Å². The molecule has 0 heterocycles. The molecule has 2 unspecified atom stereocenters. The minimum atomic E-state index is -1.08. The second-order valence-electron chi connectivity index (χ2n) is 2.89. The van der Waals surface area contributed by atoms with Crippen molar-refractivity contribution in [2.24, 2.45) is 0 Å². The first-order valence-electron chi connectivity index (χ1n) is 4.13. The van der Waals surface area contributed by atoms with Crippen LogP contribution in [0.25, 0.3) is 0 Å². The Hall–Kier alpha value is -0.751. The van der Waals surface area contributed by atoms with Crippen molar-refractivity contribution in [2.75, 3.05) is 0 Å². The van der Waals surface area contributed by atoms with Crippen LogP contribution in [0.2, 0.25) is 0 Å². The molecule has 0 aliphatic carbocycles. The van der Waals surface area contributed by atoms with Crippen molar-refractivity contribution in [2.45, 2.75) is 32.5 Å². The Bertz CT molecular complexity index is 260. The van der Waals surface area contributed by atoms with E-state index in [1.165, 1.54) is 13.8 Å². The molecule has 0 saturated heterocycles. The van der Waals surface area contributed by atoms with Crippen molar-refractivity contribution >= 4 is 16.4 Å². The SMILES string of the molecule is CC(O)CC(=O)OOC(=O)[C](=[Fe+])C(C)O. The number of hydrogen-bond acceptors (Lipinski definition) is 6. The van der Waals surface area contributed by atoms with Crippen LogP contribution in [0.5, 0.6) is 0 Å². The summed E-state index contributed by atoms with van der Waals surface area (Å²) in [5, 5.41) is 17.7. The molecule has 0 aliphatic heterocycles. The zero-order valence-corrected chi connectivity index (χ0v) is 9.35. The third-order valence-electron chi connectivity index (χ3n) is 1.22. The molecule has 2 atom stereocenters. The van der Waals surface area contributed by atoms with Gasteiger partial charge in [0, 0.05) is 0 Å². The Morgan fingerprint density at radius 2 is 1.80 bits per heavy atom. The van der Waals surface area contributed by atoms with Gasteiger partial charge in [-0.05, 0) is 0 Å². The van der Waals surface area contributed by atoms with Crippen LogP contribution in [0.3, 0.4) is 0 Å². The van der Waals surface area contributed by atoms with Crippen molar-refractivity contribution in [3.8, 4) is 0 Å². The van der Waals surface area contributed by atoms with Crippen LogP contribution in [0, 0.1) is 0 Å². The van der Waals surface area contributed by atoms with Gasteiger partial charge in [0.25, 0.3) is 0 Å². The van der Waals surface area contributed by atoms with Crippen LogP contribution >= 0.6 is 0 Å². The molecule has 0 fully saturated rings. The van der Waals surface area contributed by atoms with Gasteiger partial charge in [-0.25, -0.2) is 0 Å². The standard InChI is InChI=1S/C8H12O6.Fe/c1-5(9)3-7(11)13-14-8(12)4-6(2)10;/h5-6,9-10H,3H2,1-2H3;/q;+1. The van der Waals surface area contributed by atoms with Gasteiger partial charge in [0.05, 0.1) is 0 Å². The molecule has 0 radical (unpaired) electrons. The Kier molecular flexibility index (Phi) is 6.35. The molecule has 0 saturated carbocycles. The van der Waals surface area contributed by atoms with E-state index in [4.69, 9.17) is 10.2 Å². The second kappa shape index (κ2) is 6.68. The van der Waals surface area contributed by atoms with Gasteiger partial charge in [-0.3, -0.25) is 0 Å². The van der Waals surface area contributed by atoms with E-state index in [0.717, 1.165) is 0 Å². The summed E-state index contributed by atoms with van der Waals surface area (Å²) >= 11 is 3.23. The van der Waals surface area contributed by atoms with E-state index in [9.17, 15) is 9.59 Å². The predicted molar refractivity (Wildman–Crippen MR) is 45.2 cm³/mol. The van der Waals surface area contributed by atoms with Gasteiger partial charge >= 0.3 is 94.0 Å². The quantitative estimate of drug-likeness (QED) is 0.377. The van der Waals surface area contributed by atoms with E-state index in [-0.39, 0.29) is 10.8 Å². The summed E-state index contributed by atoms with van der Waals surface area (Å²) in [7, 11) is 0. The predicted octanol–water partition coefficient (Wildman–Crippen LogP) is -1.14. The molecule has 0 aromatic carbocycles. The molecule has 0 bridgehead atoms. The summed E-state index contributed by atoms with van der Waals surface area (Å²) < 4.78 is -0.222. The molecule has 87 valence electrons. The maximum absolute atomic E-state index is 11.0. The monoisotopic (exact) mass is 260 g/mol. The zero-order chi connectivity index (χ0) is 12.0. The van der Waals surface area contributed by atoms with E-state index >= 15 is 0 Å². The van der Waals surface area contributed by atoms with Crippen LogP contribution in [0.1, 0.15) is 20.3 Å². The summed E-state index contributed by atoms with van der Waals surface area (Å²) in [6.07, 6.45) is -2.24. The summed E-state index contributed by atoms with van der Waals surface area (Å²) in [5.74, 6) is -1.90. The Balaban J connectivity index is 3.91. The van der Waals surface area contributed by atoms with Crippen LogP contribution in [-0.2, 0) is 34.9 Å². The average molecular weight is 260 g/mol. The zero-order valence-electron chi connectivity index (χ0n) is 8.24. The Labute approximate surface area is 94.5 Å². The van der Waals surface area contributed by atoms with Gasteiger partial charge in [0.1, 0.15) is 0 Å². The molecule has 7 heteroatoms. The van der Waals surface area contributed by atoms with Crippen molar-refractivity contribution in [3.05, 3.63) is 0 Å². The first-order valence-corrected chi connectivity index (χ1v) is 4.68. The third-order valence-corrected chi connectivity index (χ3v) is 1.91. The van der Waals surface area contributed by atoms with Crippen molar-refractivity contribution < 1.29 is 45.2 Å². The minimum absolute atomic E-state index is 0.222. The normalized spacial score (nSPS) is 13.9. The van der Waals surface area contributed by atoms with E-state index < -0.39 is 24.1 Å². The number of hydrogen-bond donors (Lipinski definition) is 2. The third kappa shape index (κ3) is 6.35. The van der Waals surface area contributed by atoms with Crippen molar-refractivity contribution in [1.29, 1.82) is 0 Å². The number of carbonyl (C=O) groups is 2. The second-order valence-corrected chi connectivity index (χ2v) is 3.48. The van der Waals surface area contributed by atoms with E-state index in [2.05, 4.69) is 25.4 Å². The molecular weight excluding hydrogens is 248 g/mol. The van der Waals surface area contributed by atoms with E-state index in [1.807, 2.05) is 0 Å². The maximum atomic E-state index is 11.0. The van der Waals surface area contributed by atoms with E-state index in [1.54, 1.807) is 0 Å². The fraction of sp³-hybridized carbons (Fsp3) is 0.625. The van der Waals surface area contributed by atoms with Crippen LogP contribution in [0.15, 0.2) is 0 Å². The van der Waals surface area contributed by atoms with Gasteiger partial charge < -0.3 is 0 Å². The van der Waals surface area contributed by atoms with Crippen molar-refractivity contribution in [3.63, 3.8) is 0 Å². The van der Waals surface area contributed by atoms with Crippen LogP contribution in [0.4, 0.5) is 0 Å². The van der Waals surface area contributed by atoms with Gasteiger partial charge in [-0.1, -0.05) is 0 Å². The molecule has 2 N–H and O–H groups in total. The molecule has 0 spiro atoms. The van der Waals surface area contributed by atoms with Gasteiger partial charge in [-0.2, -0.15) is 0 Å². The number of rotatable bonds is 4. The molecule has 0 aromatic rings. The molecule has 15 heavy (non-hydrogen) atoms. The van der Waals surface area contributed by atoms with Crippen LogP contribution in [-0.4, -0.2) is 38.8 Å². The van der Waals surface area contributed by atoms with Crippen LogP contribution < -0.4 is 0 Å². The van der Waals surface area contributed by atoms with E-state index in [0.29, 0.717) is 0 Å². The molecular formula is C8H12FeO6+. The fourth-order valence-electron chi connectivity index (χ4n) is 0.569. The first-order chi connectivity index (χ1) is 6.84.